The van der Waals surface area contributed by atoms with Crippen LogP contribution in [0.2, 0.25) is 0 Å². The van der Waals surface area contributed by atoms with E-state index in [0.717, 1.165) is 22.3 Å². The third-order valence-corrected chi connectivity index (χ3v) is 12.4. The zero-order valence-corrected chi connectivity index (χ0v) is 34.0. The lowest BCUT2D eigenvalue weighted by Gasteiger charge is -2.39. The van der Waals surface area contributed by atoms with Crippen LogP contribution in [0, 0.1) is 11.3 Å². The fourth-order valence-corrected chi connectivity index (χ4v) is 9.36. The third kappa shape index (κ3) is 6.91. The molecule has 1 aliphatic heterocycles. The van der Waals surface area contributed by atoms with E-state index in [9.17, 15) is 5.26 Å². The summed E-state index contributed by atoms with van der Waals surface area (Å²) >= 11 is 0. The lowest BCUT2D eigenvalue weighted by Crippen LogP contribution is -2.54. The van der Waals surface area contributed by atoms with E-state index < -0.39 is 0 Å². The summed E-state index contributed by atoms with van der Waals surface area (Å²) in [6.07, 6.45) is -0.313. The van der Waals surface area contributed by atoms with Crippen molar-refractivity contribution in [3.63, 3.8) is 0 Å². The van der Waals surface area contributed by atoms with Gasteiger partial charge in [0.05, 0.1) is 30.1 Å². The van der Waals surface area contributed by atoms with Gasteiger partial charge < -0.3 is 0 Å². The van der Waals surface area contributed by atoms with Gasteiger partial charge in [0.15, 0.2) is 0 Å². The second-order valence-electron chi connectivity index (χ2n) is 16.1. The minimum Gasteiger partial charge on any atom is -0.279 e. The summed E-state index contributed by atoms with van der Waals surface area (Å²) in [5.41, 5.74) is 13.6. The predicted molar refractivity (Wildman–Crippen MR) is 256 cm³/mol. The number of benzene rings is 10. The monoisotopic (exact) mass is 794 g/mol. The fourth-order valence-electron chi connectivity index (χ4n) is 9.36. The van der Waals surface area contributed by atoms with Gasteiger partial charge in [-0.05, 0) is 112 Å². The first-order valence-corrected chi connectivity index (χ1v) is 21.2. The number of nitrogens with one attached hydrogen (secondary N) is 3. The molecule has 1 aliphatic rings. The van der Waals surface area contributed by atoms with Gasteiger partial charge in [0, 0.05) is 0 Å². The summed E-state index contributed by atoms with van der Waals surface area (Å²) in [7, 11) is 0. The Kier molecular flexibility index (Phi) is 9.69. The molecule has 0 spiro atoms. The second kappa shape index (κ2) is 16.1. The Hall–Kier alpha value is -7.65. The van der Waals surface area contributed by atoms with E-state index in [0.29, 0.717) is 5.56 Å². The molecule has 1 fully saturated rings. The van der Waals surface area contributed by atoms with E-state index in [1.54, 1.807) is 0 Å². The summed E-state index contributed by atoms with van der Waals surface area (Å²) in [6, 6.07) is 80.3. The van der Waals surface area contributed by atoms with Gasteiger partial charge in [-0.25, -0.2) is 0 Å². The Bertz CT molecular complexity index is 3260. The molecule has 1 saturated heterocycles. The first-order chi connectivity index (χ1) is 30.7. The van der Waals surface area contributed by atoms with Crippen molar-refractivity contribution in [3.8, 4) is 50.6 Å². The highest BCUT2D eigenvalue weighted by molar-refractivity contribution is 6.27. The van der Waals surface area contributed by atoms with Gasteiger partial charge in [-0.3, -0.25) is 16.0 Å². The molecule has 1 heterocycles. The van der Waals surface area contributed by atoms with Crippen LogP contribution in [0.1, 0.15) is 40.8 Å². The standard InChI is InChI=1S/C58H42N4/c59-37-38-22-24-41(25-23-38)47-17-11-18-48(36-47)58-61-56(45-15-5-2-6-16-45)60-57(62-58)46-32-28-40(29-33-46)39-26-30-44(31-27-39)53-50-20-9-10-21-51(50)54(43-13-3-1-4-14-43)55-49-19-8-7-12-42(49)34-35-52(53)55/h1-36,56-58,60-62H. The second-order valence-corrected chi connectivity index (χ2v) is 16.1. The van der Waals surface area contributed by atoms with Crippen molar-refractivity contribution in [2.75, 3.05) is 0 Å². The Labute approximate surface area is 361 Å². The predicted octanol–water partition coefficient (Wildman–Crippen LogP) is 13.9. The van der Waals surface area contributed by atoms with Gasteiger partial charge in [-0.2, -0.15) is 5.26 Å². The Morgan fingerprint density at radius 3 is 1.47 bits per heavy atom. The summed E-state index contributed by atoms with van der Waals surface area (Å²) in [4.78, 5) is 0. The number of hydrogen-bond donors (Lipinski definition) is 3. The molecule has 10 aromatic rings. The van der Waals surface area contributed by atoms with Crippen molar-refractivity contribution < 1.29 is 0 Å². The minimum atomic E-state index is -0.121. The largest absolute Gasteiger partial charge is 0.279 e. The topological polar surface area (TPSA) is 59.9 Å². The van der Waals surface area contributed by atoms with Crippen LogP contribution in [-0.2, 0) is 0 Å². The molecular weight excluding hydrogens is 753 g/mol. The van der Waals surface area contributed by atoms with Crippen LogP contribution in [0.5, 0.6) is 0 Å². The van der Waals surface area contributed by atoms with Crippen LogP contribution in [0.3, 0.4) is 0 Å². The van der Waals surface area contributed by atoms with Crippen LogP contribution in [0.15, 0.2) is 218 Å². The van der Waals surface area contributed by atoms with Crippen molar-refractivity contribution in [1.82, 2.24) is 16.0 Å². The Balaban J connectivity index is 0.925. The molecule has 11 rings (SSSR count). The van der Waals surface area contributed by atoms with Crippen LogP contribution >= 0.6 is 0 Å². The molecule has 3 unspecified atom stereocenters. The number of fused-ring (bicyclic) bond motifs is 4. The van der Waals surface area contributed by atoms with E-state index in [1.165, 1.54) is 71.3 Å². The molecule has 10 aromatic carbocycles. The van der Waals surface area contributed by atoms with Crippen LogP contribution in [0.4, 0.5) is 0 Å². The minimum absolute atomic E-state index is 0.0786. The molecule has 62 heavy (non-hydrogen) atoms. The lowest BCUT2D eigenvalue weighted by molar-refractivity contribution is 0.203. The molecule has 3 N–H and O–H groups in total. The van der Waals surface area contributed by atoms with E-state index in [1.807, 2.05) is 24.3 Å². The van der Waals surface area contributed by atoms with Gasteiger partial charge in [-0.15, -0.1) is 0 Å². The average molecular weight is 795 g/mol. The van der Waals surface area contributed by atoms with Crippen molar-refractivity contribution in [2.24, 2.45) is 0 Å². The smallest absolute Gasteiger partial charge is 0.0991 e. The van der Waals surface area contributed by atoms with E-state index in [-0.39, 0.29) is 18.5 Å². The number of hydrogen-bond acceptors (Lipinski definition) is 4. The van der Waals surface area contributed by atoms with Crippen LogP contribution < -0.4 is 16.0 Å². The zero-order chi connectivity index (χ0) is 41.4. The molecule has 0 bridgehead atoms. The molecule has 0 amide bonds. The van der Waals surface area contributed by atoms with Gasteiger partial charge in [0.25, 0.3) is 0 Å². The van der Waals surface area contributed by atoms with E-state index in [4.69, 9.17) is 0 Å². The highest BCUT2D eigenvalue weighted by Gasteiger charge is 2.30. The lowest BCUT2D eigenvalue weighted by atomic mass is 9.84. The molecular formula is C58H42N4. The van der Waals surface area contributed by atoms with Crippen molar-refractivity contribution in [2.45, 2.75) is 18.5 Å². The molecule has 0 aromatic heterocycles. The molecule has 4 heteroatoms. The zero-order valence-electron chi connectivity index (χ0n) is 34.0. The number of nitriles is 1. The fraction of sp³-hybridized carbons (Fsp3) is 0.0517. The summed E-state index contributed by atoms with van der Waals surface area (Å²) in [5.74, 6) is 0. The molecule has 0 aliphatic carbocycles. The normalized spacial score (nSPS) is 16.3. The SMILES string of the molecule is N#Cc1ccc(-c2cccc(C3NC(c4ccccc4)NC(c4ccc(-c5ccc(-c6c7ccccc7c(-c7ccccc7)c7c6ccc6ccccc67)cc5)cc4)N3)c2)cc1. The average Bonchev–Trinajstić information content (AvgIpc) is 3.36. The molecule has 0 radical (unpaired) electrons. The van der Waals surface area contributed by atoms with Crippen LogP contribution in [-0.4, -0.2) is 0 Å². The van der Waals surface area contributed by atoms with Crippen LogP contribution in [0.25, 0.3) is 76.8 Å². The van der Waals surface area contributed by atoms with Gasteiger partial charge in [-0.1, -0.05) is 200 Å². The summed E-state index contributed by atoms with van der Waals surface area (Å²) in [6.45, 7) is 0. The first-order valence-electron chi connectivity index (χ1n) is 21.2. The molecule has 0 saturated carbocycles. The number of nitrogens with zero attached hydrogens (tertiary/aromatic N) is 1. The quantitative estimate of drug-likeness (QED) is 0.111. The summed E-state index contributed by atoms with van der Waals surface area (Å²) in [5, 5.41) is 28.4. The summed E-state index contributed by atoms with van der Waals surface area (Å²) < 4.78 is 0. The van der Waals surface area contributed by atoms with Crippen molar-refractivity contribution >= 4 is 32.3 Å². The van der Waals surface area contributed by atoms with Gasteiger partial charge >= 0.3 is 0 Å². The Morgan fingerprint density at radius 1 is 0.323 bits per heavy atom. The Morgan fingerprint density at radius 2 is 0.790 bits per heavy atom. The highest BCUT2D eigenvalue weighted by atomic mass is 15.4. The maximum Gasteiger partial charge on any atom is 0.0991 e. The molecule has 3 atom stereocenters. The van der Waals surface area contributed by atoms with Gasteiger partial charge in [0.1, 0.15) is 0 Å². The van der Waals surface area contributed by atoms with E-state index in [2.05, 4.69) is 216 Å². The van der Waals surface area contributed by atoms with E-state index >= 15 is 0 Å². The van der Waals surface area contributed by atoms with Crippen molar-refractivity contribution in [1.29, 1.82) is 5.26 Å². The van der Waals surface area contributed by atoms with Gasteiger partial charge in [0.2, 0.25) is 0 Å². The third-order valence-electron chi connectivity index (χ3n) is 12.4. The maximum atomic E-state index is 9.32. The van der Waals surface area contributed by atoms with Crippen molar-refractivity contribution in [3.05, 3.63) is 241 Å². The molecule has 4 nitrogen and oxygen atoms in total. The highest BCUT2D eigenvalue weighted by Crippen LogP contribution is 2.46. The first kappa shape index (κ1) is 37.4. The maximum absolute atomic E-state index is 9.32. The number of rotatable bonds is 7. The molecule has 294 valence electrons.